The summed E-state index contributed by atoms with van der Waals surface area (Å²) in [6, 6.07) is 10.5. The van der Waals surface area contributed by atoms with Crippen LogP contribution in [0.5, 0.6) is 0 Å². The van der Waals surface area contributed by atoms with Crippen molar-refractivity contribution < 1.29 is 4.57 Å². The van der Waals surface area contributed by atoms with Crippen LogP contribution in [0.2, 0.25) is 0 Å². The molecule has 0 amide bonds. The first-order valence-electron chi connectivity index (χ1n) is 6.13. The van der Waals surface area contributed by atoms with Gasteiger partial charge in [-0.05, 0) is 11.0 Å². The molecular formula is C15H21N2+. The summed E-state index contributed by atoms with van der Waals surface area (Å²) in [5, 5.41) is 0. The van der Waals surface area contributed by atoms with Gasteiger partial charge >= 0.3 is 0 Å². The zero-order valence-corrected chi connectivity index (χ0v) is 10.9. The molecule has 90 valence electrons. The van der Waals surface area contributed by atoms with E-state index in [-0.39, 0.29) is 0 Å². The normalized spacial score (nSPS) is 11.7. The van der Waals surface area contributed by atoms with Crippen LogP contribution in [0.4, 0.5) is 0 Å². The number of hydrogen-bond acceptors (Lipinski definition) is 0. The Bertz CT molecular complexity index is 463. The van der Waals surface area contributed by atoms with E-state index in [0.29, 0.717) is 5.41 Å². The van der Waals surface area contributed by atoms with Gasteiger partial charge in [0.1, 0.15) is 18.4 Å². The largest absolute Gasteiger partial charge is 0.248 e. The van der Waals surface area contributed by atoms with Crippen LogP contribution >= 0.6 is 0 Å². The number of rotatable bonds is 3. The van der Waals surface area contributed by atoms with Gasteiger partial charge in [-0.25, -0.2) is 9.55 Å². The monoisotopic (exact) mass is 229 g/mol. The third kappa shape index (κ3) is 3.74. The van der Waals surface area contributed by atoms with Crippen LogP contribution in [0.1, 0.15) is 32.0 Å². The Balaban J connectivity index is 2.04. The Labute approximate surface area is 103 Å². The first-order chi connectivity index (χ1) is 8.03. The number of H-pyrrole nitrogens is 1. The summed E-state index contributed by atoms with van der Waals surface area (Å²) in [7, 11) is 0. The number of benzene rings is 1. The summed E-state index contributed by atoms with van der Waals surface area (Å²) in [5.74, 6) is 0. The van der Waals surface area contributed by atoms with Crippen LogP contribution in [0.25, 0.3) is 0 Å². The molecule has 2 nitrogen and oxygen atoms in total. The molecule has 1 N–H and O–H groups in total. The van der Waals surface area contributed by atoms with Crippen molar-refractivity contribution in [3.8, 4) is 0 Å². The van der Waals surface area contributed by atoms with Crippen molar-refractivity contribution in [2.24, 2.45) is 5.41 Å². The maximum Gasteiger partial charge on any atom is 0.242 e. The van der Waals surface area contributed by atoms with Crippen LogP contribution in [-0.2, 0) is 13.0 Å². The molecule has 0 atom stereocenters. The summed E-state index contributed by atoms with van der Waals surface area (Å²) < 4.78 is 2.20. The SMILES string of the molecule is CC(C)(C)Cc1c[n+](Cc2ccccc2)c[nH]1. The van der Waals surface area contributed by atoms with Crippen molar-refractivity contribution in [2.45, 2.75) is 33.7 Å². The van der Waals surface area contributed by atoms with Crippen molar-refractivity contribution in [1.82, 2.24) is 4.98 Å². The van der Waals surface area contributed by atoms with E-state index in [1.54, 1.807) is 0 Å². The zero-order chi connectivity index (χ0) is 12.3. The van der Waals surface area contributed by atoms with E-state index < -0.39 is 0 Å². The maximum absolute atomic E-state index is 3.35. The summed E-state index contributed by atoms with van der Waals surface area (Å²) >= 11 is 0. The highest BCUT2D eigenvalue weighted by atomic mass is 15.0. The number of aromatic nitrogens is 2. The molecule has 1 aromatic heterocycles. The summed E-state index contributed by atoms with van der Waals surface area (Å²) in [5.41, 5.74) is 2.96. The van der Waals surface area contributed by atoms with E-state index in [0.717, 1.165) is 13.0 Å². The van der Waals surface area contributed by atoms with Gasteiger partial charge in [0.25, 0.3) is 0 Å². The molecule has 0 unspecified atom stereocenters. The Kier molecular flexibility index (Phi) is 3.32. The summed E-state index contributed by atoms with van der Waals surface area (Å²) in [4.78, 5) is 3.35. The fourth-order valence-electron chi connectivity index (χ4n) is 1.99. The average molecular weight is 229 g/mol. The standard InChI is InChI=1S/C15H20N2/c1-15(2,3)9-14-11-17(12-16-14)10-13-7-5-4-6-8-13/h4-8,11-12H,9-10H2,1-3H3/p+1. The van der Waals surface area contributed by atoms with Gasteiger partial charge in [0.15, 0.2) is 0 Å². The Morgan fingerprint density at radius 2 is 1.82 bits per heavy atom. The van der Waals surface area contributed by atoms with Crippen LogP contribution < -0.4 is 4.57 Å². The molecule has 2 heteroatoms. The lowest BCUT2D eigenvalue weighted by Gasteiger charge is -2.14. The van der Waals surface area contributed by atoms with Crippen molar-refractivity contribution in [2.75, 3.05) is 0 Å². The van der Waals surface area contributed by atoms with Crippen LogP contribution in [0.3, 0.4) is 0 Å². The van der Waals surface area contributed by atoms with Gasteiger partial charge in [-0.3, -0.25) is 0 Å². The summed E-state index contributed by atoms with van der Waals surface area (Å²) in [6.07, 6.45) is 5.33. The fraction of sp³-hybridized carbons (Fsp3) is 0.400. The number of imidazole rings is 1. The number of hydrogen-bond donors (Lipinski definition) is 1. The molecule has 0 aliphatic carbocycles. The van der Waals surface area contributed by atoms with Crippen LogP contribution in [0.15, 0.2) is 42.9 Å². The lowest BCUT2D eigenvalue weighted by molar-refractivity contribution is -0.687. The molecule has 1 heterocycles. The molecule has 0 fully saturated rings. The molecule has 0 spiro atoms. The van der Waals surface area contributed by atoms with E-state index >= 15 is 0 Å². The van der Waals surface area contributed by atoms with Gasteiger partial charge in [0.05, 0.1) is 0 Å². The third-order valence-corrected chi connectivity index (χ3v) is 2.67. The number of nitrogens with one attached hydrogen (secondary N) is 1. The lowest BCUT2D eigenvalue weighted by atomic mass is 9.91. The smallest absolute Gasteiger partial charge is 0.242 e. The minimum Gasteiger partial charge on any atom is -0.248 e. The predicted molar refractivity (Wildman–Crippen MR) is 69.7 cm³/mol. The van der Waals surface area contributed by atoms with Gasteiger partial charge in [-0.2, -0.15) is 0 Å². The molecule has 2 rings (SSSR count). The second kappa shape index (κ2) is 4.74. The van der Waals surface area contributed by atoms with Gasteiger partial charge in [0.2, 0.25) is 6.33 Å². The fourth-order valence-corrected chi connectivity index (χ4v) is 1.99. The minimum atomic E-state index is 0.329. The first-order valence-corrected chi connectivity index (χ1v) is 6.13. The molecular weight excluding hydrogens is 208 g/mol. The lowest BCUT2D eigenvalue weighted by Crippen LogP contribution is -2.31. The highest BCUT2D eigenvalue weighted by molar-refractivity contribution is 5.13. The van der Waals surface area contributed by atoms with Crippen molar-refractivity contribution >= 4 is 0 Å². The Morgan fingerprint density at radius 3 is 2.47 bits per heavy atom. The van der Waals surface area contributed by atoms with Crippen molar-refractivity contribution in [1.29, 1.82) is 0 Å². The van der Waals surface area contributed by atoms with Crippen LogP contribution in [0, 0.1) is 5.41 Å². The second-order valence-corrected chi connectivity index (χ2v) is 5.82. The molecule has 0 saturated heterocycles. The van der Waals surface area contributed by atoms with Gasteiger partial charge in [-0.1, -0.05) is 51.1 Å². The molecule has 1 aromatic carbocycles. The van der Waals surface area contributed by atoms with Gasteiger partial charge in [0, 0.05) is 6.42 Å². The van der Waals surface area contributed by atoms with E-state index in [4.69, 9.17) is 0 Å². The molecule has 17 heavy (non-hydrogen) atoms. The van der Waals surface area contributed by atoms with Crippen molar-refractivity contribution in [3.63, 3.8) is 0 Å². The number of aromatic amines is 1. The molecule has 0 aliphatic rings. The average Bonchev–Trinajstić information content (AvgIpc) is 2.64. The topological polar surface area (TPSA) is 19.7 Å². The Hall–Kier alpha value is -1.57. The Morgan fingerprint density at radius 1 is 1.12 bits per heavy atom. The van der Waals surface area contributed by atoms with Crippen LogP contribution in [-0.4, -0.2) is 4.98 Å². The van der Waals surface area contributed by atoms with Gasteiger partial charge in [-0.15, -0.1) is 0 Å². The van der Waals surface area contributed by atoms with E-state index in [2.05, 4.69) is 66.9 Å². The molecule has 0 bridgehead atoms. The van der Waals surface area contributed by atoms with Gasteiger partial charge < -0.3 is 0 Å². The molecule has 0 radical (unpaired) electrons. The highest BCUT2D eigenvalue weighted by Crippen LogP contribution is 2.18. The molecule has 0 aliphatic heterocycles. The molecule has 0 saturated carbocycles. The first kappa shape index (κ1) is 11.9. The highest BCUT2D eigenvalue weighted by Gasteiger charge is 2.16. The molecule has 2 aromatic rings. The quantitative estimate of drug-likeness (QED) is 0.781. The maximum atomic E-state index is 3.35. The second-order valence-electron chi connectivity index (χ2n) is 5.82. The van der Waals surface area contributed by atoms with E-state index in [1.807, 2.05) is 6.33 Å². The number of nitrogens with zero attached hydrogens (tertiary/aromatic N) is 1. The summed E-state index contributed by atoms with van der Waals surface area (Å²) in [6.45, 7) is 7.71. The van der Waals surface area contributed by atoms with Crippen molar-refractivity contribution in [3.05, 3.63) is 54.1 Å². The predicted octanol–water partition coefficient (Wildman–Crippen LogP) is 2.94. The minimum absolute atomic E-state index is 0.329. The third-order valence-electron chi connectivity index (χ3n) is 2.67. The van der Waals surface area contributed by atoms with E-state index in [1.165, 1.54) is 11.3 Å². The van der Waals surface area contributed by atoms with E-state index in [9.17, 15) is 0 Å². The zero-order valence-electron chi connectivity index (χ0n) is 10.9.